The first-order valence-electron chi connectivity index (χ1n) is 10.8. The molecule has 0 unspecified atom stereocenters. The maximum atomic E-state index is 11.9. The van der Waals surface area contributed by atoms with Gasteiger partial charge in [-0.05, 0) is 18.6 Å². The Kier molecular flexibility index (Phi) is 6.05. The molecule has 1 fully saturated rings. The molecule has 1 aliphatic rings. The van der Waals surface area contributed by atoms with Gasteiger partial charge in [0.2, 0.25) is 11.9 Å². The van der Waals surface area contributed by atoms with E-state index in [4.69, 9.17) is 20.4 Å². The average molecular weight is 478 g/mol. The molecule has 4 aromatic rings. The van der Waals surface area contributed by atoms with Crippen LogP contribution in [0.1, 0.15) is 5.56 Å². The predicted octanol–water partition coefficient (Wildman–Crippen LogP) is 2.47. The Morgan fingerprint density at radius 3 is 2.68 bits per heavy atom. The maximum absolute atomic E-state index is 11.9. The molecular formula is C23H23N7O3S. The van der Waals surface area contributed by atoms with E-state index < -0.39 is 12.5 Å². The molecule has 0 bridgehead atoms. The van der Waals surface area contributed by atoms with Crippen molar-refractivity contribution in [2.45, 2.75) is 6.92 Å². The summed E-state index contributed by atoms with van der Waals surface area (Å²) in [4.78, 5) is 33.0. The van der Waals surface area contributed by atoms with E-state index in [9.17, 15) is 9.90 Å². The number of carbonyl (C=O) groups excluding carboxylic acids is 1. The average Bonchev–Trinajstić information content (AvgIpc) is 3.21. The molecule has 0 radical (unpaired) electrons. The summed E-state index contributed by atoms with van der Waals surface area (Å²) in [7, 11) is 0. The van der Waals surface area contributed by atoms with Crippen LogP contribution in [-0.4, -0.2) is 63.9 Å². The predicted molar refractivity (Wildman–Crippen MR) is 132 cm³/mol. The fourth-order valence-electron chi connectivity index (χ4n) is 3.88. The monoisotopic (exact) mass is 477 g/mol. The molecule has 0 aliphatic carbocycles. The number of thiophene rings is 1. The number of nitrogen functional groups attached to an aromatic ring is 1. The lowest BCUT2D eigenvalue weighted by Crippen LogP contribution is -2.36. The number of hydrogen-bond donors (Lipinski definition) is 3. The largest absolute Gasteiger partial charge is 0.387 e. The molecule has 0 saturated carbocycles. The Morgan fingerprint density at radius 1 is 1.21 bits per heavy atom. The van der Waals surface area contributed by atoms with Crippen molar-refractivity contribution in [3.63, 3.8) is 0 Å². The van der Waals surface area contributed by atoms with Crippen LogP contribution >= 0.6 is 11.3 Å². The summed E-state index contributed by atoms with van der Waals surface area (Å²) in [6.45, 7) is 4.12. The zero-order valence-electron chi connectivity index (χ0n) is 18.5. The summed E-state index contributed by atoms with van der Waals surface area (Å²) in [5, 5.41) is 12.0. The second kappa shape index (κ2) is 9.29. The standard InChI is InChI=1S/C23H23N7O3S/c1-13-18-20(34-19(13)15-4-2-3-5-16(15)27-17(32)12-31)22(30-6-8-33-9-7-30)29-21(28-18)14-10-25-23(24)26-11-14/h2-5,10-11,31H,6-9,12H2,1H3,(H,27,32)(H2,24,25,26). The number of nitrogens with two attached hydrogens (primary N) is 1. The Bertz CT molecular complexity index is 1350. The molecule has 0 spiro atoms. The number of morpholine rings is 1. The molecule has 4 N–H and O–H groups in total. The maximum Gasteiger partial charge on any atom is 0.250 e. The first kappa shape index (κ1) is 22.1. The number of aryl methyl sites for hydroxylation is 1. The molecule has 10 nitrogen and oxygen atoms in total. The van der Waals surface area contributed by atoms with E-state index in [-0.39, 0.29) is 5.95 Å². The molecule has 3 aromatic heterocycles. The highest BCUT2D eigenvalue weighted by Crippen LogP contribution is 2.44. The van der Waals surface area contributed by atoms with Crippen LogP contribution in [0.5, 0.6) is 0 Å². The van der Waals surface area contributed by atoms with Gasteiger partial charge in [0.1, 0.15) is 6.61 Å². The highest BCUT2D eigenvalue weighted by Gasteiger charge is 2.24. The number of rotatable bonds is 5. The van der Waals surface area contributed by atoms with E-state index in [1.807, 2.05) is 31.2 Å². The van der Waals surface area contributed by atoms with Crippen LogP contribution in [0, 0.1) is 6.92 Å². The number of amides is 1. The minimum atomic E-state index is -0.584. The SMILES string of the molecule is Cc1c(-c2ccccc2NC(=O)CO)sc2c(N3CCOCC3)nc(-c3cnc(N)nc3)nc12. The van der Waals surface area contributed by atoms with E-state index in [0.29, 0.717) is 30.3 Å². The van der Waals surface area contributed by atoms with Crippen LogP contribution in [0.2, 0.25) is 0 Å². The number of fused-ring (bicyclic) bond motifs is 1. The number of carbonyl (C=O) groups is 1. The van der Waals surface area contributed by atoms with Crippen molar-refractivity contribution in [1.82, 2.24) is 19.9 Å². The Labute approximate surface area is 199 Å². The van der Waals surface area contributed by atoms with Crippen molar-refractivity contribution in [2.75, 3.05) is 48.9 Å². The lowest BCUT2D eigenvalue weighted by molar-refractivity contribution is -0.118. The van der Waals surface area contributed by atoms with Gasteiger partial charge in [-0.15, -0.1) is 11.3 Å². The number of hydrogen-bond acceptors (Lipinski definition) is 10. The fourth-order valence-corrected chi connectivity index (χ4v) is 5.19. The quantitative estimate of drug-likeness (QED) is 0.395. The van der Waals surface area contributed by atoms with Crippen molar-refractivity contribution < 1.29 is 14.6 Å². The number of para-hydroxylation sites is 1. The molecule has 5 rings (SSSR count). The van der Waals surface area contributed by atoms with Crippen molar-refractivity contribution in [3.8, 4) is 21.8 Å². The summed E-state index contributed by atoms with van der Waals surface area (Å²) >= 11 is 1.58. The van der Waals surface area contributed by atoms with Gasteiger partial charge in [-0.1, -0.05) is 18.2 Å². The molecular weight excluding hydrogens is 454 g/mol. The van der Waals surface area contributed by atoms with Crippen molar-refractivity contribution >= 4 is 44.9 Å². The third-order valence-corrected chi connectivity index (χ3v) is 6.89. The Balaban J connectivity index is 1.70. The lowest BCUT2D eigenvalue weighted by atomic mass is 10.1. The molecule has 1 amide bonds. The molecule has 1 saturated heterocycles. The number of aliphatic hydroxyl groups is 1. The van der Waals surface area contributed by atoms with E-state index >= 15 is 0 Å². The van der Waals surface area contributed by atoms with E-state index in [1.165, 1.54) is 0 Å². The van der Waals surface area contributed by atoms with Crippen molar-refractivity contribution in [1.29, 1.82) is 0 Å². The number of aliphatic hydroxyl groups excluding tert-OH is 1. The van der Waals surface area contributed by atoms with Crippen LogP contribution in [-0.2, 0) is 9.53 Å². The Morgan fingerprint density at radius 2 is 1.94 bits per heavy atom. The summed E-state index contributed by atoms with van der Waals surface area (Å²) in [6, 6.07) is 7.52. The van der Waals surface area contributed by atoms with Gasteiger partial charge < -0.3 is 25.8 Å². The first-order valence-corrected chi connectivity index (χ1v) is 11.6. The first-order chi connectivity index (χ1) is 16.5. The zero-order chi connectivity index (χ0) is 23.7. The highest BCUT2D eigenvalue weighted by atomic mass is 32.1. The molecule has 11 heteroatoms. The highest BCUT2D eigenvalue weighted by molar-refractivity contribution is 7.23. The summed E-state index contributed by atoms with van der Waals surface area (Å²) in [5.74, 6) is 1.07. The van der Waals surface area contributed by atoms with Crippen LogP contribution < -0.4 is 16.0 Å². The van der Waals surface area contributed by atoms with Crippen LogP contribution in [0.25, 0.3) is 32.0 Å². The van der Waals surface area contributed by atoms with Gasteiger partial charge in [0.15, 0.2) is 11.6 Å². The van der Waals surface area contributed by atoms with Gasteiger partial charge >= 0.3 is 0 Å². The zero-order valence-corrected chi connectivity index (χ0v) is 19.3. The van der Waals surface area contributed by atoms with Gasteiger partial charge in [-0.3, -0.25) is 4.79 Å². The summed E-state index contributed by atoms with van der Waals surface area (Å²) in [6.07, 6.45) is 3.24. The van der Waals surface area contributed by atoms with Gasteiger partial charge in [-0.2, -0.15) is 0 Å². The smallest absolute Gasteiger partial charge is 0.250 e. The summed E-state index contributed by atoms with van der Waals surface area (Å²) < 4.78 is 6.50. The molecule has 174 valence electrons. The van der Waals surface area contributed by atoms with Crippen LogP contribution in [0.15, 0.2) is 36.7 Å². The molecule has 34 heavy (non-hydrogen) atoms. The second-order valence-corrected chi connectivity index (χ2v) is 8.81. The van der Waals surface area contributed by atoms with Crippen LogP contribution in [0.4, 0.5) is 17.5 Å². The summed E-state index contributed by atoms with van der Waals surface area (Å²) in [5.41, 5.74) is 9.62. The second-order valence-electron chi connectivity index (χ2n) is 7.79. The van der Waals surface area contributed by atoms with Gasteiger partial charge in [0, 0.05) is 41.6 Å². The third kappa shape index (κ3) is 4.16. The number of aromatic nitrogens is 4. The number of nitrogens with one attached hydrogen (secondary N) is 1. The molecule has 4 heterocycles. The number of anilines is 3. The Hall–Kier alpha value is -3.67. The topological polar surface area (TPSA) is 139 Å². The fraction of sp³-hybridized carbons (Fsp3) is 0.261. The lowest BCUT2D eigenvalue weighted by Gasteiger charge is -2.28. The van der Waals surface area contributed by atoms with Crippen molar-refractivity contribution in [2.24, 2.45) is 0 Å². The number of ether oxygens (including phenoxy) is 1. The van der Waals surface area contributed by atoms with Gasteiger partial charge in [0.25, 0.3) is 0 Å². The molecule has 0 atom stereocenters. The van der Waals surface area contributed by atoms with Gasteiger partial charge in [0.05, 0.1) is 29.0 Å². The van der Waals surface area contributed by atoms with E-state index in [1.54, 1.807) is 23.7 Å². The minimum absolute atomic E-state index is 0.189. The molecule has 1 aliphatic heterocycles. The molecule has 1 aromatic carbocycles. The van der Waals surface area contributed by atoms with E-state index in [0.717, 1.165) is 45.1 Å². The number of nitrogens with zero attached hydrogens (tertiary/aromatic N) is 5. The van der Waals surface area contributed by atoms with Gasteiger partial charge in [-0.25, -0.2) is 19.9 Å². The van der Waals surface area contributed by atoms with Crippen LogP contribution in [0.3, 0.4) is 0 Å². The normalized spacial score (nSPS) is 13.9. The van der Waals surface area contributed by atoms with Crippen molar-refractivity contribution in [3.05, 3.63) is 42.2 Å². The number of benzene rings is 1. The third-order valence-electron chi connectivity index (χ3n) is 5.58. The van der Waals surface area contributed by atoms with E-state index in [2.05, 4.69) is 20.2 Å². The minimum Gasteiger partial charge on any atom is -0.387 e.